The lowest BCUT2D eigenvalue weighted by atomic mass is 9.67. The summed E-state index contributed by atoms with van der Waals surface area (Å²) in [5.74, 6) is -0.582. The van der Waals surface area contributed by atoms with E-state index in [1.54, 1.807) is 6.92 Å². The van der Waals surface area contributed by atoms with Crippen LogP contribution in [0.5, 0.6) is 0 Å². The molecule has 4 rings (SSSR count). The number of benzene rings is 2. The zero-order chi connectivity index (χ0) is 19.2. The average molecular weight is 360 g/mol. The Bertz CT molecular complexity index is 929. The summed E-state index contributed by atoms with van der Waals surface area (Å²) in [6.07, 6.45) is 0.502. The van der Waals surface area contributed by atoms with Crippen molar-refractivity contribution < 1.29 is 14.3 Å². The maximum Gasteiger partial charge on any atom is 0.310 e. The van der Waals surface area contributed by atoms with E-state index in [2.05, 4.69) is 12.1 Å². The topological polar surface area (TPSA) is 43.4 Å². The SMILES string of the molecule is CCOC(=O)[C@H]1C[C@]2(C)C(=O)[C@@]1(C)C(c1ccccc1)=C2c1ccccc1. The van der Waals surface area contributed by atoms with Gasteiger partial charge in [-0.3, -0.25) is 9.59 Å². The Labute approximate surface area is 160 Å². The summed E-state index contributed by atoms with van der Waals surface area (Å²) < 4.78 is 5.35. The van der Waals surface area contributed by atoms with Gasteiger partial charge in [0.05, 0.1) is 23.4 Å². The third kappa shape index (κ3) is 2.34. The summed E-state index contributed by atoms with van der Waals surface area (Å²) in [5, 5.41) is 0. The molecule has 0 spiro atoms. The summed E-state index contributed by atoms with van der Waals surface area (Å²) in [4.78, 5) is 26.4. The Hall–Kier alpha value is -2.68. The number of carbonyl (C=O) groups excluding carboxylic acids is 2. The summed E-state index contributed by atoms with van der Waals surface area (Å²) in [7, 11) is 0. The molecule has 2 aromatic carbocycles. The average Bonchev–Trinajstić information content (AvgIpc) is 3.00. The maximum absolute atomic E-state index is 13.6. The molecule has 3 heteroatoms. The van der Waals surface area contributed by atoms with Crippen LogP contribution in [0, 0.1) is 16.7 Å². The molecule has 2 aromatic rings. The molecular weight excluding hydrogens is 336 g/mol. The van der Waals surface area contributed by atoms with Gasteiger partial charge in [-0.1, -0.05) is 60.7 Å². The zero-order valence-electron chi connectivity index (χ0n) is 16.0. The second-order valence-electron chi connectivity index (χ2n) is 7.85. The number of hydrogen-bond donors (Lipinski definition) is 0. The van der Waals surface area contributed by atoms with E-state index in [1.807, 2.05) is 62.4 Å². The molecule has 0 saturated heterocycles. The van der Waals surface area contributed by atoms with E-state index in [4.69, 9.17) is 4.74 Å². The first kappa shape index (κ1) is 17.7. The van der Waals surface area contributed by atoms with Crippen molar-refractivity contribution in [3.05, 3.63) is 71.8 Å². The molecule has 0 unspecified atom stereocenters. The molecule has 0 aromatic heterocycles. The Morgan fingerprint density at radius 3 is 2.00 bits per heavy atom. The van der Waals surface area contributed by atoms with Crippen molar-refractivity contribution in [1.29, 1.82) is 0 Å². The minimum absolute atomic E-state index is 0.130. The molecule has 1 saturated carbocycles. The maximum atomic E-state index is 13.6. The highest BCUT2D eigenvalue weighted by Crippen LogP contribution is 2.69. The van der Waals surface area contributed by atoms with Crippen LogP contribution in [0.3, 0.4) is 0 Å². The fourth-order valence-corrected chi connectivity index (χ4v) is 5.15. The smallest absolute Gasteiger partial charge is 0.310 e. The minimum Gasteiger partial charge on any atom is -0.466 e. The molecule has 138 valence electrons. The fraction of sp³-hybridized carbons (Fsp3) is 0.333. The molecule has 0 heterocycles. The van der Waals surface area contributed by atoms with E-state index in [0.717, 1.165) is 22.3 Å². The molecule has 0 amide bonds. The molecule has 3 atom stereocenters. The number of allylic oxidation sites excluding steroid dienone is 2. The van der Waals surface area contributed by atoms with Crippen LogP contribution in [0.15, 0.2) is 60.7 Å². The Balaban J connectivity index is 2.00. The summed E-state index contributed by atoms with van der Waals surface area (Å²) in [5.41, 5.74) is 2.54. The Kier molecular flexibility index (Phi) is 4.06. The van der Waals surface area contributed by atoms with Crippen LogP contribution >= 0.6 is 0 Å². The fourth-order valence-electron chi connectivity index (χ4n) is 5.15. The summed E-state index contributed by atoms with van der Waals surface area (Å²) >= 11 is 0. The summed E-state index contributed by atoms with van der Waals surface area (Å²) in [6.45, 7) is 6.05. The molecule has 27 heavy (non-hydrogen) atoms. The number of fused-ring (bicyclic) bond motifs is 2. The number of ether oxygens (including phenoxy) is 1. The van der Waals surface area contributed by atoms with Crippen LogP contribution in [0.25, 0.3) is 11.1 Å². The van der Waals surface area contributed by atoms with E-state index in [0.29, 0.717) is 13.0 Å². The lowest BCUT2D eigenvalue weighted by Crippen LogP contribution is -2.35. The normalized spacial score (nSPS) is 29.3. The zero-order valence-corrected chi connectivity index (χ0v) is 16.0. The van der Waals surface area contributed by atoms with E-state index in [1.165, 1.54) is 0 Å². The highest BCUT2D eigenvalue weighted by atomic mass is 16.5. The van der Waals surface area contributed by atoms with Gasteiger partial charge < -0.3 is 4.74 Å². The number of rotatable bonds is 4. The van der Waals surface area contributed by atoms with Crippen LogP contribution in [0.1, 0.15) is 38.3 Å². The van der Waals surface area contributed by atoms with Gasteiger partial charge in [0, 0.05) is 0 Å². The Morgan fingerprint density at radius 2 is 1.48 bits per heavy atom. The molecular formula is C24H24O3. The van der Waals surface area contributed by atoms with Crippen molar-refractivity contribution in [3.63, 3.8) is 0 Å². The molecule has 2 aliphatic carbocycles. The van der Waals surface area contributed by atoms with Crippen molar-refractivity contribution in [1.82, 2.24) is 0 Å². The van der Waals surface area contributed by atoms with E-state index in [-0.39, 0.29) is 11.8 Å². The van der Waals surface area contributed by atoms with Gasteiger partial charge in [-0.2, -0.15) is 0 Å². The van der Waals surface area contributed by atoms with Gasteiger partial charge >= 0.3 is 5.97 Å². The van der Waals surface area contributed by atoms with Crippen molar-refractivity contribution >= 4 is 22.9 Å². The van der Waals surface area contributed by atoms with Crippen molar-refractivity contribution in [2.24, 2.45) is 16.7 Å². The standard InChI is InChI=1S/C24H24O3/c1-4-27-21(25)18-15-23(2)19(16-11-7-5-8-12-16)20(24(18,3)22(23)26)17-13-9-6-10-14-17/h5-14,18H,4,15H2,1-3H3/t18-,23+,24-/m1/s1. The molecule has 3 nitrogen and oxygen atoms in total. The van der Waals surface area contributed by atoms with E-state index in [9.17, 15) is 9.59 Å². The first-order valence-corrected chi connectivity index (χ1v) is 9.52. The number of ketones is 1. The predicted octanol–water partition coefficient (Wildman–Crippen LogP) is 4.78. The van der Waals surface area contributed by atoms with Crippen molar-refractivity contribution in [2.45, 2.75) is 27.2 Å². The largest absolute Gasteiger partial charge is 0.466 e. The first-order chi connectivity index (χ1) is 12.9. The highest BCUT2D eigenvalue weighted by Gasteiger charge is 2.69. The highest BCUT2D eigenvalue weighted by molar-refractivity contribution is 6.24. The summed E-state index contributed by atoms with van der Waals surface area (Å²) in [6, 6.07) is 20.1. The molecule has 1 fully saturated rings. The van der Waals surface area contributed by atoms with Crippen LogP contribution in [0.4, 0.5) is 0 Å². The quantitative estimate of drug-likeness (QED) is 0.737. The van der Waals surface area contributed by atoms with Gasteiger partial charge in [-0.25, -0.2) is 0 Å². The van der Waals surface area contributed by atoms with Gasteiger partial charge in [-0.15, -0.1) is 0 Å². The predicted molar refractivity (Wildman–Crippen MR) is 106 cm³/mol. The van der Waals surface area contributed by atoms with Crippen LogP contribution < -0.4 is 0 Å². The van der Waals surface area contributed by atoms with E-state index >= 15 is 0 Å². The number of Topliss-reactive ketones (excluding diaryl/α,β-unsaturated/α-hetero) is 1. The van der Waals surface area contributed by atoms with E-state index < -0.39 is 16.7 Å². The van der Waals surface area contributed by atoms with Crippen LogP contribution in [0.2, 0.25) is 0 Å². The van der Waals surface area contributed by atoms with Gasteiger partial charge in [-0.05, 0) is 49.5 Å². The second-order valence-corrected chi connectivity index (χ2v) is 7.85. The van der Waals surface area contributed by atoms with Gasteiger partial charge in [0.1, 0.15) is 0 Å². The monoisotopic (exact) mass is 360 g/mol. The number of carbonyl (C=O) groups is 2. The van der Waals surface area contributed by atoms with Crippen molar-refractivity contribution in [2.75, 3.05) is 6.61 Å². The minimum atomic E-state index is -0.868. The second kappa shape index (κ2) is 6.19. The molecule has 0 radical (unpaired) electrons. The van der Waals surface area contributed by atoms with Crippen LogP contribution in [-0.4, -0.2) is 18.4 Å². The lowest BCUT2D eigenvalue weighted by Gasteiger charge is -2.34. The molecule has 0 aliphatic heterocycles. The lowest BCUT2D eigenvalue weighted by molar-refractivity contribution is -0.151. The van der Waals surface area contributed by atoms with Crippen LogP contribution in [-0.2, 0) is 14.3 Å². The molecule has 2 bridgehead atoms. The third-order valence-electron chi connectivity index (χ3n) is 6.30. The van der Waals surface area contributed by atoms with Crippen molar-refractivity contribution in [3.8, 4) is 0 Å². The van der Waals surface area contributed by atoms with Gasteiger partial charge in [0.25, 0.3) is 0 Å². The van der Waals surface area contributed by atoms with Gasteiger partial charge in [0.15, 0.2) is 5.78 Å². The first-order valence-electron chi connectivity index (χ1n) is 9.52. The number of esters is 1. The van der Waals surface area contributed by atoms with Gasteiger partial charge in [0.2, 0.25) is 0 Å². The third-order valence-corrected chi connectivity index (χ3v) is 6.30. The Morgan fingerprint density at radius 1 is 0.963 bits per heavy atom. The molecule has 0 N–H and O–H groups in total. The number of hydrogen-bond acceptors (Lipinski definition) is 3. The molecule has 2 aliphatic rings.